The Balaban J connectivity index is 1.59. The molecular formula is C21H25NO2. The smallest absolute Gasteiger partial charge is 0.223 e. The minimum Gasteiger partial charge on any atom is -0.497 e. The van der Waals surface area contributed by atoms with E-state index in [4.69, 9.17) is 4.74 Å². The van der Waals surface area contributed by atoms with E-state index in [-0.39, 0.29) is 11.9 Å². The molecule has 1 aliphatic heterocycles. The maximum Gasteiger partial charge on any atom is 0.223 e. The Morgan fingerprint density at radius 3 is 2.71 bits per heavy atom. The van der Waals surface area contributed by atoms with Crippen LogP contribution in [0, 0.1) is 0 Å². The quantitative estimate of drug-likeness (QED) is 0.831. The monoisotopic (exact) mass is 323 g/mol. The number of likely N-dealkylation sites (tertiary alicyclic amines) is 1. The molecule has 0 aromatic heterocycles. The van der Waals surface area contributed by atoms with Crippen molar-refractivity contribution in [1.29, 1.82) is 0 Å². The summed E-state index contributed by atoms with van der Waals surface area (Å²) in [4.78, 5) is 14.7. The van der Waals surface area contributed by atoms with Gasteiger partial charge in [-0.25, -0.2) is 0 Å². The summed E-state index contributed by atoms with van der Waals surface area (Å²) >= 11 is 0. The lowest BCUT2D eigenvalue weighted by Gasteiger charge is -2.25. The van der Waals surface area contributed by atoms with Crippen LogP contribution < -0.4 is 4.74 Å². The molecule has 2 aromatic carbocycles. The second kappa shape index (κ2) is 7.52. The van der Waals surface area contributed by atoms with Crippen LogP contribution in [0.5, 0.6) is 5.75 Å². The average molecular weight is 323 g/mol. The molecule has 2 unspecified atom stereocenters. The Hall–Kier alpha value is -2.29. The van der Waals surface area contributed by atoms with Crippen LogP contribution in [0.4, 0.5) is 0 Å². The van der Waals surface area contributed by atoms with Gasteiger partial charge in [0, 0.05) is 24.9 Å². The van der Waals surface area contributed by atoms with E-state index in [1.807, 2.05) is 24.3 Å². The van der Waals surface area contributed by atoms with Gasteiger partial charge in [-0.1, -0.05) is 42.5 Å². The molecule has 1 heterocycles. The molecule has 0 saturated carbocycles. The van der Waals surface area contributed by atoms with Crippen LogP contribution in [-0.4, -0.2) is 30.5 Å². The Morgan fingerprint density at radius 2 is 1.96 bits per heavy atom. The fourth-order valence-electron chi connectivity index (χ4n) is 3.66. The highest BCUT2D eigenvalue weighted by molar-refractivity contribution is 5.77. The number of nitrogens with zero attached hydrogens (tertiary/aromatic N) is 1. The molecule has 0 spiro atoms. The zero-order valence-electron chi connectivity index (χ0n) is 14.4. The summed E-state index contributed by atoms with van der Waals surface area (Å²) in [6.45, 7) is 3.03. The van der Waals surface area contributed by atoms with E-state index in [0.717, 1.165) is 30.7 Å². The van der Waals surface area contributed by atoms with Crippen LogP contribution in [0.1, 0.15) is 36.8 Å². The second-order valence-corrected chi connectivity index (χ2v) is 6.49. The van der Waals surface area contributed by atoms with Crippen LogP contribution >= 0.6 is 0 Å². The molecule has 0 N–H and O–H groups in total. The van der Waals surface area contributed by atoms with Gasteiger partial charge in [0.1, 0.15) is 5.75 Å². The Kier molecular flexibility index (Phi) is 5.19. The van der Waals surface area contributed by atoms with Crippen molar-refractivity contribution in [3.8, 4) is 5.75 Å². The standard InChI is InChI=1S/C21H25NO2/c1-16-20(18-8-4-3-5-9-18)13-14-22(16)21(23)12-11-17-7-6-10-19(15-17)24-2/h3-10,15-16,20H,11-14H2,1-2H3. The lowest BCUT2D eigenvalue weighted by Crippen LogP contribution is -2.35. The summed E-state index contributed by atoms with van der Waals surface area (Å²) in [5.41, 5.74) is 2.49. The maximum absolute atomic E-state index is 12.7. The first-order valence-corrected chi connectivity index (χ1v) is 8.66. The fraction of sp³-hybridized carbons (Fsp3) is 0.381. The molecule has 1 amide bonds. The van der Waals surface area contributed by atoms with Gasteiger partial charge in [-0.3, -0.25) is 4.79 Å². The van der Waals surface area contributed by atoms with Gasteiger partial charge < -0.3 is 9.64 Å². The predicted molar refractivity (Wildman–Crippen MR) is 96.3 cm³/mol. The van der Waals surface area contributed by atoms with Gasteiger partial charge in [0.05, 0.1) is 7.11 Å². The van der Waals surface area contributed by atoms with Gasteiger partial charge in [0.25, 0.3) is 0 Å². The summed E-state index contributed by atoms with van der Waals surface area (Å²) in [5, 5.41) is 0. The number of hydrogen-bond acceptors (Lipinski definition) is 2. The summed E-state index contributed by atoms with van der Waals surface area (Å²) in [6, 6.07) is 18.8. The number of carbonyl (C=O) groups excluding carboxylic acids is 1. The van der Waals surface area contributed by atoms with Crippen LogP contribution in [0.2, 0.25) is 0 Å². The van der Waals surface area contributed by atoms with E-state index in [0.29, 0.717) is 12.3 Å². The third-order valence-electron chi connectivity index (χ3n) is 5.06. The minimum absolute atomic E-state index is 0.253. The summed E-state index contributed by atoms with van der Waals surface area (Å²) in [5.74, 6) is 1.55. The zero-order valence-corrected chi connectivity index (χ0v) is 14.4. The largest absolute Gasteiger partial charge is 0.497 e. The zero-order chi connectivity index (χ0) is 16.9. The van der Waals surface area contributed by atoms with E-state index < -0.39 is 0 Å². The maximum atomic E-state index is 12.7. The van der Waals surface area contributed by atoms with Crippen molar-refractivity contribution >= 4 is 5.91 Å². The van der Waals surface area contributed by atoms with E-state index in [9.17, 15) is 4.79 Å². The molecule has 1 saturated heterocycles. The molecule has 2 aromatic rings. The predicted octanol–water partition coefficient (Wildman–Crippen LogP) is 4.03. The van der Waals surface area contributed by atoms with E-state index in [1.54, 1.807) is 7.11 Å². The lowest BCUT2D eigenvalue weighted by molar-refractivity contribution is -0.131. The van der Waals surface area contributed by atoms with Gasteiger partial charge in [0.2, 0.25) is 5.91 Å². The second-order valence-electron chi connectivity index (χ2n) is 6.49. The molecule has 0 radical (unpaired) electrons. The lowest BCUT2D eigenvalue weighted by atomic mass is 9.93. The topological polar surface area (TPSA) is 29.5 Å². The number of ether oxygens (including phenoxy) is 1. The first-order chi connectivity index (χ1) is 11.7. The highest BCUT2D eigenvalue weighted by atomic mass is 16.5. The number of amides is 1. The van der Waals surface area contributed by atoms with E-state index >= 15 is 0 Å². The molecule has 3 nitrogen and oxygen atoms in total. The molecule has 126 valence electrons. The summed E-state index contributed by atoms with van der Waals surface area (Å²) < 4.78 is 5.25. The van der Waals surface area contributed by atoms with Crippen LogP contribution in [0.3, 0.4) is 0 Å². The molecule has 1 aliphatic rings. The van der Waals surface area contributed by atoms with Crippen molar-refractivity contribution in [2.45, 2.75) is 38.1 Å². The Bertz CT molecular complexity index is 683. The third kappa shape index (κ3) is 3.61. The van der Waals surface area contributed by atoms with Crippen molar-refractivity contribution < 1.29 is 9.53 Å². The van der Waals surface area contributed by atoms with Crippen LogP contribution in [0.15, 0.2) is 54.6 Å². The molecule has 3 heteroatoms. The SMILES string of the molecule is COc1cccc(CCC(=O)N2CCC(c3ccccc3)C2C)c1. The molecular weight excluding hydrogens is 298 g/mol. The van der Waals surface area contributed by atoms with Crippen LogP contribution in [-0.2, 0) is 11.2 Å². The van der Waals surface area contributed by atoms with Crippen LogP contribution in [0.25, 0.3) is 0 Å². The molecule has 2 atom stereocenters. The first kappa shape index (κ1) is 16.6. The molecule has 1 fully saturated rings. The minimum atomic E-state index is 0.253. The summed E-state index contributed by atoms with van der Waals surface area (Å²) in [6.07, 6.45) is 2.37. The number of rotatable bonds is 5. The number of aryl methyl sites for hydroxylation is 1. The van der Waals surface area contributed by atoms with Crippen molar-refractivity contribution in [3.05, 3.63) is 65.7 Å². The van der Waals surface area contributed by atoms with Crippen molar-refractivity contribution in [2.24, 2.45) is 0 Å². The number of hydrogen-bond donors (Lipinski definition) is 0. The normalized spacial score (nSPS) is 20.2. The first-order valence-electron chi connectivity index (χ1n) is 8.66. The number of carbonyl (C=O) groups is 1. The molecule has 3 rings (SSSR count). The fourth-order valence-corrected chi connectivity index (χ4v) is 3.66. The molecule has 0 aliphatic carbocycles. The highest BCUT2D eigenvalue weighted by Crippen LogP contribution is 2.33. The van der Waals surface area contributed by atoms with E-state index in [2.05, 4.69) is 42.2 Å². The third-order valence-corrected chi connectivity index (χ3v) is 5.06. The van der Waals surface area contributed by atoms with E-state index in [1.165, 1.54) is 5.56 Å². The Morgan fingerprint density at radius 1 is 1.17 bits per heavy atom. The molecule has 24 heavy (non-hydrogen) atoms. The van der Waals surface area contributed by atoms with Crippen molar-refractivity contribution in [3.63, 3.8) is 0 Å². The molecule has 0 bridgehead atoms. The number of methoxy groups -OCH3 is 1. The van der Waals surface area contributed by atoms with Gasteiger partial charge >= 0.3 is 0 Å². The van der Waals surface area contributed by atoms with Gasteiger partial charge in [-0.15, -0.1) is 0 Å². The Labute approximate surface area is 144 Å². The van der Waals surface area contributed by atoms with Crippen molar-refractivity contribution in [2.75, 3.05) is 13.7 Å². The highest BCUT2D eigenvalue weighted by Gasteiger charge is 2.34. The van der Waals surface area contributed by atoms with Gasteiger partial charge in [-0.2, -0.15) is 0 Å². The summed E-state index contributed by atoms with van der Waals surface area (Å²) in [7, 11) is 1.67. The van der Waals surface area contributed by atoms with Crippen molar-refractivity contribution in [1.82, 2.24) is 4.90 Å². The van der Waals surface area contributed by atoms with Gasteiger partial charge in [0.15, 0.2) is 0 Å². The van der Waals surface area contributed by atoms with Gasteiger partial charge in [-0.05, 0) is 43.0 Å². The average Bonchev–Trinajstić information content (AvgIpc) is 3.02. The number of benzene rings is 2.